The van der Waals surface area contributed by atoms with Crippen LogP contribution in [0.4, 0.5) is 0 Å². The van der Waals surface area contributed by atoms with Crippen molar-refractivity contribution in [1.82, 2.24) is 0 Å². The van der Waals surface area contributed by atoms with Crippen molar-refractivity contribution in [3.05, 3.63) is 133 Å². The SMILES string of the molecule is C/C=C(\C=C/CC)c1cccc2c1Oc1cc(-c3ccccc3)cc3c1B2c1cc(-c2ccccc2)ccc1O3. The minimum atomic E-state index is -0.000744. The lowest BCUT2D eigenvalue weighted by atomic mass is 9.34. The number of ether oxygens (including phenoxy) is 2. The average Bonchev–Trinajstić information content (AvgIpc) is 3.02. The van der Waals surface area contributed by atoms with Gasteiger partial charge in [-0.3, -0.25) is 0 Å². The van der Waals surface area contributed by atoms with Gasteiger partial charge in [-0.2, -0.15) is 0 Å². The fourth-order valence-corrected chi connectivity index (χ4v) is 5.95. The van der Waals surface area contributed by atoms with Gasteiger partial charge in [-0.1, -0.05) is 116 Å². The van der Waals surface area contributed by atoms with Gasteiger partial charge in [-0.25, -0.2) is 0 Å². The first-order valence-corrected chi connectivity index (χ1v) is 14.0. The summed E-state index contributed by atoms with van der Waals surface area (Å²) in [5.74, 6) is 3.52. The van der Waals surface area contributed by atoms with Crippen LogP contribution < -0.4 is 25.9 Å². The Balaban J connectivity index is 1.47. The van der Waals surface area contributed by atoms with E-state index in [4.69, 9.17) is 9.47 Å². The fourth-order valence-electron chi connectivity index (χ4n) is 5.95. The summed E-state index contributed by atoms with van der Waals surface area (Å²) in [7, 11) is 0. The molecule has 0 spiro atoms. The third-order valence-corrected chi connectivity index (χ3v) is 7.87. The second kappa shape index (κ2) is 10.1. The van der Waals surface area contributed by atoms with Crippen molar-refractivity contribution in [2.75, 3.05) is 0 Å². The summed E-state index contributed by atoms with van der Waals surface area (Å²) < 4.78 is 13.5. The van der Waals surface area contributed by atoms with E-state index < -0.39 is 0 Å². The molecule has 40 heavy (non-hydrogen) atoms. The zero-order valence-electron chi connectivity index (χ0n) is 22.7. The van der Waals surface area contributed by atoms with E-state index in [1.807, 2.05) is 6.07 Å². The van der Waals surface area contributed by atoms with Crippen LogP contribution in [0, 0.1) is 0 Å². The standard InChI is InChI=1S/C37H29BO2/c1-3-5-13-25(4-2)30-18-12-19-31-37(30)40-35-24-29(27-16-10-7-11-17-27)23-34-36(35)38(31)32-22-28(20-21-33(32)39-34)26-14-8-6-9-15-26/h4-24H,3H2,1-2H3/b13-5-,25-4+. The maximum atomic E-state index is 6.86. The third-order valence-electron chi connectivity index (χ3n) is 7.87. The van der Waals surface area contributed by atoms with Gasteiger partial charge in [-0.15, -0.1) is 0 Å². The molecule has 0 unspecified atom stereocenters. The Bertz CT molecular complexity index is 1780. The summed E-state index contributed by atoms with van der Waals surface area (Å²) in [5.41, 5.74) is 10.3. The molecule has 0 amide bonds. The molecule has 0 saturated carbocycles. The van der Waals surface area contributed by atoms with Gasteiger partial charge in [0.1, 0.15) is 23.0 Å². The first kappa shape index (κ1) is 24.3. The van der Waals surface area contributed by atoms with Crippen LogP contribution in [-0.2, 0) is 0 Å². The molecule has 0 atom stereocenters. The number of para-hydroxylation sites is 1. The summed E-state index contributed by atoms with van der Waals surface area (Å²) >= 11 is 0. The molecule has 0 aliphatic carbocycles. The van der Waals surface area contributed by atoms with Crippen molar-refractivity contribution in [1.29, 1.82) is 0 Å². The Hall–Kier alpha value is -4.76. The van der Waals surface area contributed by atoms with Gasteiger partial charge >= 0.3 is 0 Å². The van der Waals surface area contributed by atoms with Crippen LogP contribution in [0.3, 0.4) is 0 Å². The molecule has 0 fully saturated rings. The van der Waals surface area contributed by atoms with Crippen molar-refractivity contribution in [3.63, 3.8) is 0 Å². The molecule has 7 rings (SSSR count). The molecule has 0 radical (unpaired) electrons. The van der Waals surface area contributed by atoms with Crippen molar-refractivity contribution >= 4 is 28.7 Å². The van der Waals surface area contributed by atoms with Gasteiger partial charge in [0.15, 0.2) is 0 Å². The Morgan fingerprint density at radius 2 is 1.35 bits per heavy atom. The molecular weight excluding hydrogens is 487 g/mol. The number of benzene rings is 5. The summed E-state index contributed by atoms with van der Waals surface area (Å²) in [4.78, 5) is 0. The highest BCUT2D eigenvalue weighted by Gasteiger charge is 2.41. The quantitative estimate of drug-likeness (QED) is 0.170. The largest absolute Gasteiger partial charge is 0.458 e. The summed E-state index contributed by atoms with van der Waals surface area (Å²) in [6.07, 6.45) is 7.55. The van der Waals surface area contributed by atoms with E-state index >= 15 is 0 Å². The molecule has 5 aromatic rings. The van der Waals surface area contributed by atoms with E-state index in [0.29, 0.717) is 0 Å². The molecule has 192 valence electrons. The summed E-state index contributed by atoms with van der Waals surface area (Å²) in [6.45, 7) is 4.25. The van der Waals surface area contributed by atoms with Crippen LogP contribution in [0.25, 0.3) is 27.8 Å². The van der Waals surface area contributed by atoms with Gasteiger partial charge in [0.2, 0.25) is 0 Å². The van der Waals surface area contributed by atoms with E-state index in [1.165, 1.54) is 11.1 Å². The molecule has 2 aliphatic heterocycles. The van der Waals surface area contributed by atoms with Crippen LogP contribution >= 0.6 is 0 Å². The molecular formula is C37H29BO2. The van der Waals surface area contributed by atoms with E-state index in [1.54, 1.807) is 0 Å². The van der Waals surface area contributed by atoms with Crippen molar-refractivity contribution in [2.24, 2.45) is 0 Å². The fraction of sp³-hybridized carbons (Fsp3) is 0.0811. The second-order valence-electron chi connectivity index (χ2n) is 10.3. The monoisotopic (exact) mass is 516 g/mol. The van der Waals surface area contributed by atoms with E-state index in [0.717, 1.165) is 68.1 Å². The smallest absolute Gasteiger partial charge is 0.260 e. The van der Waals surface area contributed by atoms with Crippen LogP contribution in [0.2, 0.25) is 0 Å². The molecule has 0 aromatic heterocycles. The van der Waals surface area contributed by atoms with E-state index in [-0.39, 0.29) is 6.71 Å². The summed E-state index contributed by atoms with van der Waals surface area (Å²) in [5, 5.41) is 0. The van der Waals surface area contributed by atoms with Crippen molar-refractivity contribution in [3.8, 4) is 45.3 Å². The molecule has 2 nitrogen and oxygen atoms in total. The normalized spacial score (nSPS) is 13.2. The van der Waals surface area contributed by atoms with Crippen molar-refractivity contribution in [2.45, 2.75) is 20.3 Å². The Kier molecular flexibility index (Phi) is 6.13. The highest BCUT2D eigenvalue weighted by molar-refractivity contribution is 6.98. The topological polar surface area (TPSA) is 18.5 Å². The molecule has 3 heteroatoms. The van der Waals surface area contributed by atoms with Crippen molar-refractivity contribution < 1.29 is 9.47 Å². The van der Waals surface area contributed by atoms with Crippen LogP contribution in [0.5, 0.6) is 23.0 Å². The molecule has 0 bridgehead atoms. The van der Waals surface area contributed by atoms with E-state index in [2.05, 4.69) is 135 Å². The lowest BCUT2D eigenvalue weighted by molar-refractivity contribution is 0.464. The van der Waals surface area contributed by atoms with Gasteiger partial charge in [0.05, 0.1) is 0 Å². The highest BCUT2D eigenvalue weighted by atomic mass is 16.5. The minimum absolute atomic E-state index is 0.000744. The molecule has 0 N–H and O–H groups in total. The van der Waals surface area contributed by atoms with Crippen LogP contribution in [0.1, 0.15) is 25.8 Å². The maximum absolute atomic E-state index is 6.86. The zero-order chi connectivity index (χ0) is 27.1. The van der Waals surface area contributed by atoms with Crippen LogP contribution in [0.15, 0.2) is 127 Å². The number of fused-ring (bicyclic) bond motifs is 4. The predicted octanol–water partition coefficient (Wildman–Crippen LogP) is 8.12. The minimum Gasteiger partial charge on any atom is -0.458 e. The number of rotatable bonds is 5. The lowest BCUT2D eigenvalue weighted by Gasteiger charge is -2.34. The second-order valence-corrected chi connectivity index (χ2v) is 10.3. The molecule has 2 aliphatic rings. The number of hydrogen-bond acceptors (Lipinski definition) is 2. The Morgan fingerprint density at radius 3 is 2.05 bits per heavy atom. The van der Waals surface area contributed by atoms with Crippen LogP contribution in [-0.4, -0.2) is 6.71 Å². The predicted molar refractivity (Wildman–Crippen MR) is 168 cm³/mol. The Labute approximate surface area is 236 Å². The van der Waals surface area contributed by atoms with Gasteiger partial charge in [0.25, 0.3) is 6.71 Å². The van der Waals surface area contributed by atoms with Gasteiger partial charge in [0, 0.05) is 11.0 Å². The van der Waals surface area contributed by atoms with E-state index in [9.17, 15) is 0 Å². The highest BCUT2D eigenvalue weighted by Crippen LogP contribution is 2.41. The van der Waals surface area contributed by atoms with Gasteiger partial charge in [-0.05, 0) is 70.3 Å². The number of hydrogen-bond donors (Lipinski definition) is 0. The molecule has 0 saturated heterocycles. The molecule has 5 aromatic carbocycles. The average molecular weight is 516 g/mol. The first-order valence-electron chi connectivity index (χ1n) is 14.0. The summed E-state index contributed by atoms with van der Waals surface area (Å²) in [6, 6.07) is 38.4. The molecule has 2 heterocycles. The Morgan fingerprint density at radius 1 is 0.650 bits per heavy atom. The zero-order valence-corrected chi connectivity index (χ0v) is 22.7. The first-order chi connectivity index (χ1) is 19.7. The number of allylic oxidation sites excluding steroid dienone is 4. The lowest BCUT2D eigenvalue weighted by Crippen LogP contribution is -2.57. The third kappa shape index (κ3) is 4.06. The maximum Gasteiger partial charge on any atom is 0.260 e. The van der Waals surface area contributed by atoms with Gasteiger partial charge < -0.3 is 9.47 Å².